The molecule has 1 rings (SSSR count). The van der Waals surface area contributed by atoms with E-state index < -0.39 is 12.2 Å². The van der Waals surface area contributed by atoms with Crippen LogP contribution in [0.1, 0.15) is 20.7 Å². The zero-order valence-electron chi connectivity index (χ0n) is 11.2. The summed E-state index contributed by atoms with van der Waals surface area (Å²) in [6.07, 6.45) is -4.69. The highest BCUT2D eigenvalue weighted by molar-refractivity contribution is 5.97. The van der Waals surface area contributed by atoms with Crippen molar-refractivity contribution in [1.29, 1.82) is 0 Å². The highest BCUT2D eigenvalue weighted by Crippen LogP contribution is 2.12. The van der Waals surface area contributed by atoms with Gasteiger partial charge < -0.3 is 4.90 Å². The second kappa shape index (κ2) is 5.91. The molecule has 0 saturated carbocycles. The predicted octanol–water partition coefficient (Wildman–Crippen LogP) is 1.48. The predicted molar refractivity (Wildman–Crippen MR) is 65.7 cm³/mol. The molecule has 0 heterocycles. The molecule has 110 valence electrons. The molecule has 1 N–H and O–H groups in total. The van der Waals surface area contributed by atoms with Crippen molar-refractivity contribution in [2.24, 2.45) is 0 Å². The van der Waals surface area contributed by atoms with Crippen molar-refractivity contribution in [3.05, 3.63) is 35.4 Å². The van der Waals surface area contributed by atoms with Crippen LogP contribution < -0.4 is 5.43 Å². The number of hydrogen-bond donors (Lipinski definition) is 1. The topological polar surface area (TPSA) is 52.7 Å². The van der Waals surface area contributed by atoms with E-state index in [-0.39, 0.29) is 11.5 Å². The first-order valence-corrected chi connectivity index (χ1v) is 5.56. The van der Waals surface area contributed by atoms with Crippen LogP contribution in [0.25, 0.3) is 0 Å². The fourth-order valence-corrected chi connectivity index (χ4v) is 1.45. The van der Waals surface area contributed by atoms with E-state index in [2.05, 4.69) is 0 Å². The van der Waals surface area contributed by atoms with Crippen LogP contribution in [0, 0.1) is 0 Å². The number of rotatable bonds is 3. The average molecular weight is 289 g/mol. The number of nitrogens with one attached hydrogen (secondary N) is 1. The van der Waals surface area contributed by atoms with Crippen LogP contribution in [0.4, 0.5) is 13.2 Å². The van der Waals surface area contributed by atoms with Gasteiger partial charge in [0.2, 0.25) is 0 Å². The summed E-state index contributed by atoms with van der Waals surface area (Å²) in [6, 6.07) is 5.37. The van der Waals surface area contributed by atoms with Gasteiger partial charge in [-0.3, -0.25) is 14.6 Å². The second-order valence-electron chi connectivity index (χ2n) is 4.25. The standard InChI is InChI=1S/C12H14F3N3O2/c1-17(2)10(19)8-4-6-9(7-5-8)11(20)18(3)16-12(13,14)15/h4-7,16H,1-3H3. The number of carbonyl (C=O) groups is 2. The first kappa shape index (κ1) is 16.0. The van der Waals surface area contributed by atoms with Gasteiger partial charge in [-0.05, 0) is 24.3 Å². The van der Waals surface area contributed by atoms with Gasteiger partial charge in [0.05, 0.1) is 0 Å². The van der Waals surface area contributed by atoms with Gasteiger partial charge in [0, 0.05) is 32.3 Å². The molecule has 8 heteroatoms. The van der Waals surface area contributed by atoms with Crippen molar-refractivity contribution in [1.82, 2.24) is 15.3 Å². The van der Waals surface area contributed by atoms with Crippen molar-refractivity contribution in [3.63, 3.8) is 0 Å². The van der Waals surface area contributed by atoms with Gasteiger partial charge in [0.15, 0.2) is 0 Å². The minimum Gasteiger partial charge on any atom is -0.345 e. The molecule has 0 aliphatic rings. The Hall–Kier alpha value is -2.09. The molecular weight excluding hydrogens is 275 g/mol. The Morgan fingerprint density at radius 1 is 0.950 bits per heavy atom. The highest BCUT2D eigenvalue weighted by Gasteiger charge is 2.31. The average Bonchev–Trinajstić information content (AvgIpc) is 2.35. The van der Waals surface area contributed by atoms with Crippen LogP contribution in [0.15, 0.2) is 24.3 Å². The Labute approximate surface area is 113 Å². The molecule has 5 nitrogen and oxygen atoms in total. The molecule has 2 amide bonds. The van der Waals surface area contributed by atoms with E-state index in [0.717, 1.165) is 12.5 Å². The molecule has 0 spiro atoms. The number of hydrazine groups is 1. The number of benzene rings is 1. The second-order valence-corrected chi connectivity index (χ2v) is 4.25. The Bertz CT molecular complexity index is 498. The van der Waals surface area contributed by atoms with Gasteiger partial charge in [-0.1, -0.05) is 0 Å². The van der Waals surface area contributed by atoms with Gasteiger partial charge in [-0.2, -0.15) is 13.2 Å². The monoisotopic (exact) mass is 289 g/mol. The van der Waals surface area contributed by atoms with E-state index in [9.17, 15) is 22.8 Å². The normalized spacial score (nSPS) is 11.1. The van der Waals surface area contributed by atoms with Crippen LogP contribution in [0.5, 0.6) is 0 Å². The molecule has 1 aromatic rings. The summed E-state index contributed by atoms with van der Waals surface area (Å²) in [4.78, 5) is 24.7. The SMILES string of the molecule is CN(C)C(=O)c1ccc(C(=O)N(C)NC(F)(F)F)cc1. The summed E-state index contributed by atoms with van der Waals surface area (Å²) in [5.74, 6) is -1.11. The Balaban J connectivity index is 2.83. The minimum absolute atomic E-state index is 0.0413. The fraction of sp³-hybridized carbons (Fsp3) is 0.333. The van der Waals surface area contributed by atoms with E-state index in [0.29, 0.717) is 10.6 Å². The Kier molecular flexibility index (Phi) is 4.72. The maximum Gasteiger partial charge on any atom is 0.474 e. The van der Waals surface area contributed by atoms with Gasteiger partial charge >= 0.3 is 6.30 Å². The first-order chi connectivity index (χ1) is 9.11. The minimum atomic E-state index is -4.69. The maximum absolute atomic E-state index is 12.1. The molecular formula is C12H14F3N3O2. The van der Waals surface area contributed by atoms with Gasteiger partial charge in [-0.25, -0.2) is 0 Å². The summed E-state index contributed by atoms with van der Waals surface area (Å²) >= 11 is 0. The van der Waals surface area contributed by atoms with Crippen molar-refractivity contribution in [3.8, 4) is 0 Å². The molecule has 0 atom stereocenters. The highest BCUT2D eigenvalue weighted by atomic mass is 19.4. The Morgan fingerprint density at radius 2 is 1.35 bits per heavy atom. The smallest absolute Gasteiger partial charge is 0.345 e. The lowest BCUT2D eigenvalue weighted by atomic mass is 10.1. The number of amides is 2. The van der Waals surface area contributed by atoms with Gasteiger partial charge in [0.1, 0.15) is 0 Å². The lowest BCUT2D eigenvalue weighted by Crippen LogP contribution is -2.47. The fourth-order valence-electron chi connectivity index (χ4n) is 1.45. The molecule has 0 fully saturated rings. The molecule has 0 radical (unpaired) electrons. The summed E-state index contributed by atoms with van der Waals surface area (Å²) in [7, 11) is 4.11. The van der Waals surface area contributed by atoms with Crippen molar-refractivity contribution >= 4 is 11.8 Å². The number of alkyl halides is 3. The number of hydrogen-bond acceptors (Lipinski definition) is 3. The van der Waals surface area contributed by atoms with E-state index >= 15 is 0 Å². The van der Waals surface area contributed by atoms with Crippen LogP contribution in [-0.4, -0.2) is 49.2 Å². The van der Waals surface area contributed by atoms with Crippen LogP contribution in [-0.2, 0) is 0 Å². The third kappa shape index (κ3) is 4.23. The summed E-state index contributed by atoms with van der Waals surface area (Å²) < 4.78 is 36.3. The van der Waals surface area contributed by atoms with Crippen LogP contribution in [0.3, 0.4) is 0 Å². The van der Waals surface area contributed by atoms with E-state index in [4.69, 9.17) is 0 Å². The lowest BCUT2D eigenvalue weighted by molar-refractivity contribution is -0.186. The zero-order chi connectivity index (χ0) is 15.5. The summed E-state index contributed by atoms with van der Waals surface area (Å²) in [5.41, 5.74) is 1.47. The molecule has 0 aliphatic carbocycles. The van der Waals surface area contributed by atoms with Crippen LogP contribution >= 0.6 is 0 Å². The first-order valence-electron chi connectivity index (χ1n) is 5.56. The number of nitrogens with zero attached hydrogens (tertiary/aromatic N) is 2. The molecule has 1 aromatic carbocycles. The molecule has 0 aliphatic heterocycles. The van der Waals surface area contributed by atoms with E-state index in [1.165, 1.54) is 29.2 Å². The zero-order valence-corrected chi connectivity index (χ0v) is 11.2. The van der Waals surface area contributed by atoms with E-state index in [1.54, 1.807) is 14.1 Å². The maximum atomic E-state index is 12.1. The van der Waals surface area contributed by atoms with E-state index in [1.807, 2.05) is 0 Å². The van der Waals surface area contributed by atoms with Crippen molar-refractivity contribution < 1.29 is 22.8 Å². The van der Waals surface area contributed by atoms with Crippen molar-refractivity contribution in [2.45, 2.75) is 6.30 Å². The third-order valence-corrected chi connectivity index (χ3v) is 2.38. The Morgan fingerprint density at radius 3 is 1.70 bits per heavy atom. The summed E-state index contributed by atoms with van der Waals surface area (Å²) in [6.45, 7) is 0. The molecule has 0 unspecified atom stereocenters. The molecule has 20 heavy (non-hydrogen) atoms. The molecule has 0 aromatic heterocycles. The number of carbonyl (C=O) groups excluding carboxylic acids is 2. The van der Waals surface area contributed by atoms with Gasteiger partial charge in [-0.15, -0.1) is 5.43 Å². The van der Waals surface area contributed by atoms with Crippen LogP contribution in [0.2, 0.25) is 0 Å². The lowest BCUT2D eigenvalue weighted by Gasteiger charge is -2.20. The van der Waals surface area contributed by atoms with Gasteiger partial charge in [0.25, 0.3) is 11.8 Å². The molecule has 0 saturated heterocycles. The number of halogens is 3. The van der Waals surface area contributed by atoms with Crippen molar-refractivity contribution in [2.75, 3.05) is 21.1 Å². The third-order valence-electron chi connectivity index (χ3n) is 2.38. The molecule has 0 bridgehead atoms. The summed E-state index contributed by atoms with van der Waals surface area (Å²) in [5, 5.41) is 0.336. The largest absolute Gasteiger partial charge is 0.474 e. The quantitative estimate of drug-likeness (QED) is 0.677.